The second kappa shape index (κ2) is 11.4. The molecular formula is C35H27N3O5S. The van der Waals surface area contributed by atoms with Crippen molar-refractivity contribution >= 4 is 28.8 Å². The Hall–Kier alpha value is -5.28. The smallest absolute Gasteiger partial charge is 0.271 e. The van der Waals surface area contributed by atoms with Gasteiger partial charge in [0.1, 0.15) is 18.1 Å². The van der Waals surface area contributed by atoms with Gasteiger partial charge < -0.3 is 9.47 Å². The van der Waals surface area contributed by atoms with E-state index < -0.39 is 4.92 Å². The average molecular weight is 602 g/mol. The van der Waals surface area contributed by atoms with E-state index in [0.29, 0.717) is 15.1 Å². The second-order valence-electron chi connectivity index (χ2n) is 10.6. The van der Waals surface area contributed by atoms with E-state index in [1.54, 1.807) is 19.2 Å². The number of allylic oxidation sites excluding steroid dienone is 1. The van der Waals surface area contributed by atoms with Crippen LogP contribution in [0.25, 0.3) is 11.8 Å². The summed E-state index contributed by atoms with van der Waals surface area (Å²) in [6, 6.07) is 29.8. The number of para-hydroxylation sites is 1. The maximum absolute atomic E-state index is 14.2. The summed E-state index contributed by atoms with van der Waals surface area (Å²) in [6.45, 7) is 0.230. The largest absolute Gasteiger partial charge is 0.497 e. The predicted octanol–water partition coefficient (Wildman–Crippen LogP) is 5.81. The van der Waals surface area contributed by atoms with Gasteiger partial charge in [-0.3, -0.25) is 19.5 Å². The van der Waals surface area contributed by atoms with Gasteiger partial charge in [-0.15, -0.1) is 0 Å². The molecule has 0 amide bonds. The van der Waals surface area contributed by atoms with Crippen molar-refractivity contribution in [2.75, 3.05) is 7.11 Å². The van der Waals surface area contributed by atoms with Crippen molar-refractivity contribution in [1.29, 1.82) is 0 Å². The molecule has 0 saturated carbocycles. The van der Waals surface area contributed by atoms with Gasteiger partial charge in [-0.1, -0.05) is 65.9 Å². The summed E-state index contributed by atoms with van der Waals surface area (Å²) in [5.41, 5.74) is 6.97. The van der Waals surface area contributed by atoms with Crippen LogP contribution in [0, 0.1) is 10.1 Å². The fourth-order valence-electron chi connectivity index (χ4n) is 5.86. The summed E-state index contributed by atoms with van der Waals surface area (Å²) in [6.07, 6.45) is 3.56. The summed E-state index contributed by atoms with van der Waals surface area (Å²) >= 11 is 1.37. The van der Waals surface area contributed by atoms with Crippen LogP contribution >= 0.6 is 11.3 Å². The van der Waals surface area contributed by atoms with Gasteiger partial charge in [-0.05, 0) is 71.5 Å². The average Bonchev–Trinajstić information content (AvgIpc) is 3.37. The van der Waals surface area contributed by atoms with E-state index in [1.807, 2.05) is 65.2 Å². The van der Waals surface area contributed by atoms with Crippen molar-refractivity contribution in [2.45, 2.75) is 25.5 Å². The van der Waals surface area contributed by atoms with Gasteiger partial charge in [-0.2, -0.15) is 0 Å². The predicted molar refractivity (Wildman–Crippen MR) is 170 cm³/mol. The number of methoxy groups -OCH3 is 1. The van der Waals surface area contributed by atoms with Crippen LogP contribution in [0.5, 0.6) is 11.5 Å². The van der Waals surface area contributed by atoms with Crippen LogP contribution in [0.3, 0.4) is 0 Å². The first-order valence-electron chi connectivity index (χ1n) is 14.2. The minimum absolute atomic E-state index is 0.0302. The zero-order valence-corrected chi connectivity index (χ0v) is 24.6. The highest BCUT2D eigenvalue weighted by atomic mass is 32.1. The standard InChI is InChI=1S/C35H27N3O5S/c1-42-27-17-12-24(13-18-27)33-29-19-14-23-6-2-4-8-28(23)32(29)36-35-37(33)34(39)31(44-35)20-25-7-3-5-9-30(25)43-21-22-10-15-26(16-11-22)38(40)41/h2-13,15-18,20,33H,14,19,21H2,1H3/b31-20-/t33-/m1/s1. The number of hydrogen-bond acceptors (Lipinski definition) is 7. The number of non-ortho nitro benzene ring substituents is 1. The molecule has 8 nitrogen and oxygen atoms in total. The number of nitro benzene ring substituents is 1. The number of nitrogens with zero attached hydrogens (tertiary/aromatic N) is 3. The summed E-state index contributed by atoms with van der Waals surface area (Å²) in [7, 11) is 1.64. The number of benzene rings is 4. The number of nitro groups is 1. The van der Waals surface area contributed by atoms with Gasteiger partial charge in [-0.25, -0.2) is 4.99 Å². The Kier molecular flexibility index (Phi) is 7.15. The van der Waals surface area contributed by atoms with E-state index in [9.17, 15) is 14.9 Å². The molecule has 0 N–H and O–H groups in total. The van der Waals surface area contributed by atoms with Gasteiger partial charge in [0.05, 0.1) is 28.3 Å². The number of fused-ring (bicyclic) bond motifs is 3. The van der Waals surface area contributed by atoms with Crippen LogP contribution in [0.4, 0.5) is 5.69 Å². The summed E-state index contributed by atoms with van der Waals surface area (Å²) in [5.74, 6) is 1.37. The molecule has 7 rings (SSSR count). The van der Waals surface area contributed by atoms with Crippen molar-refractivity contribution in [3.05, 3.63) is 160 Å². The van der Waals surface area contributed by atoms with Gasteiger partial charge in [0, 0.05) is 23.3 Å². The third kappa shape index (κ3) is 5.01. The lowest BCUT2D eigenvalue weighted by Gasteiger charge is -2.30. The van der Waals surface area contributed by atoms with Crippen LogP contribution in [-0.4, -0.2) is 16.6 Å². The molecule has 0 fully saturated rings. The highest BCUT2D eigenvalue weighted by molar-refractivity contribution is 7.07. The summed E-state index contributed by atoms with van der Waals surface area (Å²) in [4.78, 5) is 30.5. The van der Waals surface area contributed by atoms with Crippen molar-refractivity contribution in [2.24, 2.45) is 4.99 Å². The molecular weight excluding hydrogens is 574 g/mol. The zero-order valence-electron chi connectivity index (χ0n) is 23.8. The van der Waals surface area contributed by atoms with E-state index >= 15 is 0 Å². The number of rotatable bonds is 7. The first-order chi connectivity index (χ1) is 21.5. The molecule has 1 aliphatic heterocycles. The van der Waals surface area contributed by atoms with Gasteiger partial charge in [0.25, 0.3) is 11.2 Å². The molecule has 0 unspecified atom stereocenters. The van der Waals surface area contributed by atoms with Gasteiger partial charge >= 0.3 is 0 Å². The molecule has 0 bridgehead atoms. The maximum Gasteiger partial charge on any atom is 0.271 e. The molecule has 9 heteroatoms. The number of hydrogen-bond donors (Lipinski definition) is 0. The van der Waals surface area contributed by atoms with Crippen LogP contribution in [0.2, 0.25) is 0 Å². The van der Waals surface area contributed by atoms with Crippen molar-refractivity contribution in [1.82, 2.24) is 4.57 Å². The van der Waals surface area contributed by atoms with Crippen LogP contribution in [0.15, 0.2) is 112 Å². The number of aryl methyl sites for hydroxylation is 1. The summed E-state index contributed by atoms with van der Waals surface area (Å²) in [5, 5.41) is 11.0. The Morgan fingerprint density at radius 2 is 1.73 bits per heavy atom. The Balaban J connectivity index is 1.31. The Morgan fingerprint density at radius 1 is 0.977 bits per heavy atom. The Labute approximate surface area is 256 Å². The molecule has 44 heavy (non-hydrogen) atoms. The lowest BCUT2D eigenvalue weighted by Crippen LogP contribution is -2.38. The van der Waals surface area contributed by atoms with Crippen molar-refractivity contribution < 1.29 is 14.4 Å². The molecule has 2 aliphatic rings. The van der Waals surface area contributed by atoms with E-state index in [0.717, 1.165) is 52.1 Å². The highest BCUT2D eigenvalue weighted by Crippen LogP contribution is 2.41. The topological polar surface area (TPSA) is 96.0 Å². The van der Waals surface area contributed by atoms with Gasteiger partial charge in [0.2, 0.25) is 0 Å². The Bertz CT molecular complexity index is 2110. The first-order valence-corrected chi connectivity index (χ1v) is 15.0. The molecule has 1 aliphatic carbocycles. The minimum Gasteiger partial charge on any atom is -0.497 e. The van der Waals surface area contributed by atoms with E-state index in [4.69, 9.17) is 14.5 Å². The summed E-state index contributed by atoms with van der Waals surface area (Å²) < 4.78 is 13.9. The van der Waals surface area contributed by atoms with Crippen LogP contribution in [0.1, 0.15) is 40.3 Å². The number of aromatic nitrogens is 1. The maximum atomic E-state index is 14.2. The molecule has 1 aromatic heterocycles. The van der Waals surface area contributed by atoms with Crippen molar-refractivity contribution in [3.63, 3.8) is 0 Å². The third-order valence-electron chi connectivity index (χ3n) is 8.05. The lowest BCUT2D eigenvalue weighted by molar-refractivity contribution is -0.384. The molecule has 5 aromatic rings. The molecule has 0 radical (unpaired) electrons. The second-order valence-corrected chi connectivity index (χ2v) is 11.6. The molecule has 0 spiro atoms. The van der Waals surface area contributed by atoms with E-state index in [2.05, 4.69) is 18.2 Å². The minimum atomic E-state index is -0.426. The van der Waals surface area contributed by atoms with Crippen LogP contribution in [-0.2, 0) is 13.0 Å². The van der Waals surface area contributed by atoms with E-state index in [-0.39, 0.29) is 23.9 Å². The molecule has 1 atom stereocenters. The third-order valence-corrected chi connectivity index (χ3v) is 9.03. The molecule has 2 heterocycles. The SMILES string of the molecule is COc1ccc([C@@H]2C3=C(N=c4s/c(=C\c5ccccc5OCc5ccc([N+](=O)[O-])cc5)c(=O)n42)c2ccccc2CC3)cc1. The number of ether oxygens (including phenoxy) is 2. The molecule has 4 aromatic carbocycles. The first kappa shape index (κ1) is 27.5. The fraction of sp³-hybridized carbons (Fsp3) is 0.143. The molecule has 0 saturated heterocycles. The Morgan fingerprint density at radius 3 is 2.50 bits per heavy atom. The normalized spacial score (nSPS) is 15.6. The lowest BCUT2D eigenvalue weighted by atomic mass is 9.83. The van der Waals surface area contributed by atoms with Gasteiger partial charge in [0.15, 0.2) is 4.80 Å². The molecule has 218 valence electrons. The monoisotopic (exact) mass is 601 g/mol. The number of thiazole rings is 1. The highest BCUT2D eigenvalue weighted by Gasteiger charge is 2.32. The van der Waals surface area contributed by atoms with E-state index in [1.165, 1.54) is 29.0 Å². The van der Waals surface area contributed by atoms with Crippen molar-refractivity contribution in [3.8, 4) is 11.5 Å². The zero-order chi connectivity index (χ0) is 30.2. The van der Waals surface area contributed by atoms with Crippen LogP contribution < -0.4 is 24.4 Å². The quantitative estimate of drug-likeness (QED) is 0.173. The fourth-order valence-corrected chi connectivity index (χ4v) is 6.85.